The topological polar surface area (TPSA) is 87.7 Å². The van der Waals surface area contributed by atoms with Crippen LogP contribution < -0.4 is 0 Å². The van der Waals surface area contributed by atoms with Gasteiger partial charge in [0.2, 0.25) is 0 Å². The van der Waals surface area contributed by atoms with E-state index in [0.717, 1.165) is 29.5 Å². The molecule has 1 aliphatic rings. The molecule has 8 nitrogen and oxygen atoms in total. The number of ether oxygens (including phenoxy) is 1. The van der Waals surface area contributed by atoms with Crippen LogP contribution in [0.2, 0.25) is 5.02 Å². The Kier molecular flexibility index (Phi) is 8.85. The SMILES string of the molecule is CCOC(=O)CC(n1cc(F)c2c(C3CC3)nc(-c3nn(C(c4ccccc4)(c4ccccc4)c4ccccc4)c4ncc(Cl)cc34)nc21)C(C)(C)C. The predicted molar refractivity (Wildman–Crippen MR) is 205 cm³/mol. The molecule has 1 unspecified atom stereocenters. The summed E-state index contributed by atoms with van der Waals surface area (Å²) in [6.45, 7) is 8.14. The van der Waals surface area contributed by atoms with Crippen LogP contribution in [-0.4, -0.2) is 41.9 Å². The lowest BCUT2D eigenvalue weighted by atomic mass is 9.77. The first-order valence-electron chi connectivity index (χ1n) is 18.1. The third-order valence-electron chi connectivity index (χ3n) is 10.2. The summed E-state index contributed by atoms with van der Waals surface area (Å²) in [6.07, 6.45) is 4.93. The maximum absolute atomic E-state index is 16.2. The third kappa shape index (κ3) is 6.06. The van der Waals surface area contributed by atoms with Crippen molar-refractivity contribution in [2.75, 3.05) is 6.61 Å². The van der Waals surface area contributed by atoms with E-state index in [1.54, 1.807) is 17.7 Å². The van der Waals surface area contributed by atoms with Crippen molar-refractivity contribution in [3.05, 3.63) is 143 Å². The van der Waals surface area contributed by atoms with Crippen LogP contribution in [0.4, 0.5) is 4.39 Å². The van der Waals surface area contributed by atoms with Gasteiger partial charge in [-0.15, -0.1) is 0 Å². The molecule has 0 saturated heterocycles. The van der Waals surface area contributed by atoms with E-state index in [9.17, 15) is 4.79 Å². The number of rotatable bonds is 10. The molecule has 7 aromatic rings. The lowest BCUT2D eigenvalue weighted by Crippen LogP contribution is -2.38. The second-order valence-corrected chi connectivity index (χ2v) is 15.2. The van der Waals surface area contributed by atoms with Crippen LogP contribution in [0.25, 0.3) is 33.6 Å². The van der Waals surface area contributed by atoms with Crippen LogP contribution in [0, 0.1) is 11.2 Å². The molecule has 3 aromatic carbocycles. The van der Waals surface area contributed by atoms with E-state index in [4.69, 9.17) is 36.4 Å². The van der Waals surface area contributed by atoms with Gasteiger partial charge in [0, 0.05) is 18.3 Å². The van der Waals surface area contributed by atoms with Crippen LogP contribution in [0.5, 0.6) is 0 Å². The first-order valence-corrected chi connectivity index (χ1v) is 18.4. The fourth-order valence-corrected chi connectivity index (χ4v) is 7.76. The van der Waals surface area contributed by atoms with Crippen molar-refractivity contribution in [2.45, 2.75) is 64.5 Å². The molecule has 4 heterocycles. The minimum atomic E-state index is -0.978. The molecular formula is C43H40ClFN6O2. The number of halogens is 2. The number of pyridine rings is 1. The molecule has 1 saturated carbocycles. The van der Waals surface area contributed by atoms with E-state index in [2.05, 4.69) is 36.4 Å². The standard InChI is InChI=1S/C43H40ClFN6O2/c1-5-53-35(52)24-34(42(2,3)4)50-26-33(45)36-37(27-21-22-27)47-39(48-41(36)50)38-32-23-31(44)25-46-40(32)51(49-38)43(28-15-9-6-10-16-28,29-17-11-7-12-18-29)30-19-13-8-14-20-30/h6-20,23,25-27,34H,5,21-22,24H2,1-4H3. The molecular weight excluding hydrogens is 687 g/mol. The molecule has 0 bridgehead atoms. The number of esters is 1. The summed E-state index contributed by atoms with van der Waals surface area (Å²) in [5.74, 6) is -0.355. The van der Waals surface area contributed by atoms with Gasteiger partial charge in [0.1, 0.15) is 16.9 Å². The number of nitrogens with zero attached hydrogens (tertiary/aromatic N) is 6. The Bertz CT molecular complexity index is 2340. The Morgan fingerprint density at radius 2 is 1.49 bits per heavy atom. The zero-order chi connectivity index (χ0) is 36.9. The highest BCUT2D eigenvalue weighted by Gasteiger charge is 2.42. The first-order chi connectivity index (χ1) is 25.6. The molecule has 8 rings (SSSR count). The van der Waals surface area contributed by atoms with E-state index < -0.39 is 22.8 Å². The van der Waals surface area contributed by atoms with Gasteiger partial charge in [-0.1, -0.05) is 123 Å². The van der Waals surface area contributed by atoms with Gasteiger partial charge in [-0.3, -0.25) is 4.79 Å². The van der Waals surface area contributed by atoms with Crippen molar-refractivity contribution < 1.29 is 13.9 Å². The van der Waals surface area contributed by atoms with Gasteiger partial charge in [-0.2, -0.15) is 5.10 Å². The lowest BCUT2D eigenvalue weighted by molar-refractivity contribution is -0.144. The van der Waals surface area contributed by atoms with Crippen LogP contribution >= 0.6 is 11.6 Å². The van der Waals surface area contributed by atoms with Crippen molar-refractivity contribution in [2.24, 2.45) is 5.41 Å². The van der Waals surface area contributed by atoms with Crippen LogP contribution in [0.1, 0.15) is 81.3 Å². The molecule has 53 heavy (non-hydrogen) atoms. The molecule has 1 aliphatic carbocycles. The van der Waals surface area contributed by atoms with Gasteiger partial charge in [-0.05, 0) is 47.9 Å². The fraction of sp³-hybridized carbons (Fsp3) is 0.279. The van der Waals surface area contributed by atoms with E-state index >= 15 is 4.39 Å². The number of fused-ring (bicyclic) bond motifs is 2. The number of hydrogen-bond donors (Lipinski definition) is 0. The summed E-state index contributed by atoms with van der Waals surface area (Å²) in [7, 11) is 0. The Morgan fingerprint density at radius 1 is 0.906 bits per heavy atom. The summed E-state index contributed by atoms with van der Waals surface area (Å²) in [4.78, 5) is 28.1. The molecule has 10 heteroatoms. The number of aromatic nitrogens is 6. The van der Waals surface area contributed by atoms with E-state index in [1.165, 1.54) is 6.20 Å². The molecule has 0 spiro atoms. The van der Waals surface area contributed by atoms with Gasteiger partial charge in [0.15, 0.2) is 17.3 Å². The Morgan fingerprint density at radius 3 is 2.02 bits per heavy atom. The van der Waals surface area contributed by atoms with E-state index in [0.29, 0.717) is 44.3 Å². The van der Waals surface area contributed by atoms with E-state index in [-0.39, 0.29) is 24.9 Å². The Hall–Kier alpha value is -5.41. The number of carbonyl (C=O) groups is 1. The van der Waals surface area contributed by atoms with Gasteiger partial charge in [-0.25, -0.2) is 24.0 Å². The minimum absolute atomic E-state index is 0.0590. The lowest BCUT2D eigenvalue weighted by Gasteiger charge is -2.36. The second kappa shape index (κ2) is 13.5. The zero-order valence-electron chi connectivity index (χ0n) is 30.1. The summed E-state index contributed by atoms with van der Waals surface area (Å²) in [5.41, 5.74) is 3.61. The average molecular weight is 727 g/mol. The van der Waals surface area contributed by atoms with Crippen molar-refractivity contribution in [3.8, 4) is 11.5 Å². The maximum Gasteiger partial charge on any atom is 0.307 e. The van der Waals surface area contributed by atoms with Crippen molar-refractivity contribution in [1.82, 2.24) is 29.3 Å². The molecule has 1 fully saturated rings. The summed E-state index contributed by atoms with van der Waals surface area (Å²) in [5, 5.41) is 6.89. The number of benzene rings is 3. The summed E-state index contributed by atoms with van der Waals surface area (Å²) >= 11 is 6.70. The molecule has 268 valence electrons. The van der Waals surface area contributed by atoms with Gasteiger partial charge >= 0.3 is 5.97 Å². The smallest absolute Gasteiger partial charge is 0.307 e. The quantitative estimate of drug-likeness (QED) is 0.103. The number of carbonyl (C=O) groups excluding carboxylic acids is 1. The molecule has 4 aromatic heterocycles. The molecule has 0 radical (unpaired) electrons. The van der Waals surface area contributed by atoms with Crippen molar-refractivity contribution in [1.29, 1.82) is 0 Å². The van der Waals surface area contributed by atoms with Crippen LogP contribution in [0.3, 0.4) is 0 Å². The Labute approximate surface area is 312 Å². The molecule has 0 aliphatic heterocycles. The Balaban J connectivity index is 1.45. The molecule has 1 atom stereocenters. The zero-order valence-corrected chi connectivity index (χ0v) is 30.9. The molecule has 0 N–H and O–H groups in total. The highest BCUT2D eigenvalue weighted by Crippen LogP contribution is 2.47. The second-order valence-electron chi connectivity index (χ2n) is 14.8. The normalized spacial score (nSPS) is 14.2. The highest BCUT2D eigenvalue weighted by atomic mass is 35.5. The van der Waals surface area contributed by atoms with Crippen molar-refractivity contribution >= 4 is 39.6 Å². The minimum Gasteiger partial charge on any atom is -0.466 e. The third-order valence-corrected chi connectivity index (χ3v) is 10.4. The van der Waals surface area contributed by atoms with Crippen LogP contribution in [0.15, 0.2) is 109 Å². The maximum atomic E-state index is 16.2. The first kappa shape index (κ1) is 34.7. The largest absolute Gasteiger partial charge is 0.466 e. The van der Waals surface area contributed by atoms with Crippen LogP contribution in [-0.2, 0) is 15.1 Å². The van der Waals surface area contributed by atoms with Crippen molar-refractivity contribution in [3.63, 3.8) is 0 Å². The van der Waals surface area contributed by atoms with Gasteiger partial charge < -0.3 is 9.30 Å². The predicted octanol–water partition coefficient (Wildman–Crippen LogP) is 9.89. The molecule has 0 amide bonds. The summed E-state index contributed by atoms with van der Waals surface area (Å²) in [6, 6.07) is 32.1. The summed E-state index contributed by atoms with van der Waals surface area (Å²) < 4.78 is 25.3. The average Bonchev–Trinajstić information content (AvgIpc) is 3.87. The van der Waals surface area contributed by atoms with Gasteiger partial charge in [0.05, 0.1) is 40.6 Å². The monoisotopic (exact) mass is 726 g/mol. The van der Waals surface area contributed by atoms with E-state index in [1.807, 2.05) is 86.1 Å². The highest BCUT2D eigenvalue weighted by molar-refractivity contribution is 6.31. The van der Waals surface area contributed by atoms with Gasteiger partial charge in [0.25, 0.3) is 0 Å². The fourth-order valence-electron chi connectivity index (χ4n) is 7.61. The number of hydrogen-bond acceptors (Lipinski definition) is 6.